The van der Waals surface area contributed by atoms with Gasteiger partial charge < -0.3 is 10.6 Å². The molecule has 2 aliphatic rings. The predicted octanol–water partition coefficient (Wildman–Crippen LogP) is 0.894. The van der Waals surface area contributed by atoms with Crippen molar-refractivity contribution in [2.45, 2.75) is 44.7 Å². The van der Waals surface area contributed by atoms with Gasteiger partial charge in [0, 0.05) is 25.2 Å². The smallest absolute Gasteiger partial charge is 0.0194 e. The van der Waals surface area contributed by atoms with Crippen LogP contribution in [0, 0.1) is 0 Å². The van der Waals surface area contributed by atoms with Crippen molar-refractivity contribution >= 4 is 0 Å². The standard InChI is InChI=1S/C12H25N3/c1-11(15-7-2-3-8-15)9-14-6-4-5-12(13)10-14/h11-12H,2-10,13H2,1H3. The van der Waals surface area contributed by atoms with E-state index in [2.05, 4.69) is 16.7 Å². The van der Waals surface area contributed by atoms with Gasteiger partial charge in [0.2, 0.25) is 0 Å². The van der Waals surface area contributed by atoms with E-state index < -0.39 is 0 Å². The van der Waals surface area contributed by atoms with E-state index in [9.17, 15) is 0 Å². The molecule has 0 aromatic heterocycles. The highest BCUT2D eigenvalue weighted by atomic mass is 15.2. The number of hydrogen-bond donors (Lipinski definition) is 1. The largest absolute Gasteiger partial charge is 0.327 e. The van der Waals surface area contributed by atoms with Crippen molar-refractivity contribution < 1.29 is 0 Å². The Morgan fingerprint density at radius 2 is 1.93 bits per heavy atom. The van der Waals surface area contributed by atoms with Crippen molar-refractivity contribution in [3.63, 3.8) is 0 Å². The van der Waals surface area contributed by atoms with Crippen LogP contribution in [-0.4, -0.2) is 54.6 Å². The molecule has 2 fully saturated rings. The molecule has 0 spiro atoms. The number of likely N-dealkylation sites (tertiary alicyclic amines) is 2. The molecule has 88 valence electrons. The number of nitrogens with two attached hydrogens (primary N) is 1. The molecule has 0 bridgehead atoms. The highest BCUT2D eigenvalue weighted by molar-refractivity contribution is 4.80. The lowest BCUT2D eigenvalue weighted by Gasteiger charge is -2.35. The molecule has 0 amide bonds. The average Bonchev–Trinajstić information content (AvgIpc) is 2.70. The molecule has 3 nitrogen and oxygen atoms in total. The van der Waals surface area contributed by atoms with Gasteiger partial charge in [-0.1, -0.05) is 0 Å². The molecule has 2 rings (SSSR count). The van der Waals surface area contributed by atoms with Gasteiger partial charge in [-0.05, 0) is 52.2 Å². The lowest BCUT2D eigenvalue weighted by atomic mass is 10.1. The van der Waals surface area contributed by atoms with Crippen LogP contribution in [0.3, 0.4) is 0 Å². The van der Waals surface area contributed by atoms with Crippen LogP contribution in [-0.2, 0) is 0 Å². The van der Waals surface area contributed by atoms with Crippen molar-refractivity contribution in [2.75, 3.05) is 32.7 Å². The Hall–Kier alpha value is -0.120. The Balaban J connectivity index is 1.74. The summed E-state index contributed by atoms with van der Waals surface area (Å²) < 4.78 is 0. The zero-order valence-corrected chi connectivity index (χ0v) is 9.99. The summed E-state index contributed by atoms with van der Waals surface area (Å²) in [4.78, 5) is 5.18. The van der Waals surface area contributed by atoms with Crippen LogP contribution in [0.15, 0.2) is 0 Å². The third-order valence-electron chi connectivity index (χ3n) is 3.83. The molecule has 2 aliphatic heterocycles. The molecule has 0 aromatic carbocycles. The fraction of sp³-hybridized carbons (Fsp3) is 1.00. The summed E-state index contributed by atoms with van der Waals surface area (Å²) in [5, 5.41) is 0. The maximum Gasteiger partial charge on any atom is 0.0194 e. The second-order valence-corrected chi connectivity index (χ2v) is 5.25. The van der Waals surface area contributed by atoms with Crippen LogP contribution in [0.2, 0.25) is 0 Å². The molecular formula is C12H25N3. The second-order valence-electron chi connectivity index (χ2n) is 5.25. The summed E-state index contributed by atoms with van der Waals surface area (Å²) in [6, 6.07) is 1.14. The molecular weight excluding hydrogens is 186 g/mol. The summed E-state index contributed by atoms with van der Waals surface area (Å²) in [6.45, 7) is 8.56. The molecule has 3 heteroatoms. The van der Waals surface area contributed by atoms with Crippen molar-refractivity contribution in [2.24, 2.45) is 5.73 Å². The Morgan fingerprint density at radius 1 is 1.20 bits per heavy atom. The van der Waals surface area contributed by atoms with E-state index in [0.717, 1.165) is 12.6 Å². The molecule has 2 unspecified atom stereocenters. The number of hydrogen-bond acceptors (Lipinski definition) is 3. The van der Waals surface area contributed by atoms with Gasteiger partial charge in [-0.15, -0.1) is 0 Å². The van der Waals surface area contributed by atoms with Gasteiger partial charge in [-0.3, -0.25) is 4.90 Å². The second kappa shape index (κ2) is 5.28. The van der Waals surface area contributed by atoms with E-state index >= 15 is 0 Å². The molecule has 15 heavy (non-hydrogen) atoms. The average molecular weight is 211 g/mol. The van der Waals surface area contributed by atoms with Crippen LogP contribution in [0.1, 0.15) is 32.6 Å². The van der Waals surface area contributed by atoms with Crippen LogP contribution < -0.4 is 5.73 Å². The van der Waals surface area contributed by atoms with Gasteiger partial charge in [0.1, 0.15) is 0 Å². The predicted molar refractivity (Wildman–Crippen MR) is 63.9 cm³/mol. The first-order chi connectivity index (χ1) is 7.25. The Morgan fingerprint density at radius 3 is 2.60 bits per heavy atom. The molecule has 0 saturated carbocycles. The molecule has 2 saturated heterocycles. The van der Waals surface area contributed by atoms with Crippen LogP contribution in [0.25, 0.3) is 0 Å². The van der Waals surface area contributed by atoms with Gasteiger partial charge in [-0.25, -0.2) is 0 Å². The van der Waals surface area contributed by atoms with E-state index in [0.29, 0.717) is 6.04 Å². The number of nitrogens with zero attached hydrogens (tertiary/aromatic N) is 2. The van der Waals surface area contributed by atoms with E-state index in [4.69, 9.17) is 5.73 Å². The van der Waals surface area contributed by atoms with E-state index in [-0.39, 0.29) is 0 Å². The minimum Gasteiger partial charge on any atom is -0.327 e. The highest BCUT2D eigenvalue weighted by Gasteiger charge is 2.22. The third-order valence-corrected chi connectivity index (χ3v) is 3.83. The normalized spacial score (nSPS) is 32.0. The Labute approximate surface area is 93.6 Å². The molecule has 0 aliphatic carbocycles. The van der Waals surface area contributed by atoms with E-state index in [1.54, 1.807) is 0 Å². The number of rotatable bonds is 3. The molecule has 2 atom stereocenters. The molecule has 2 N–H and O–H groups in total. The van der Waals surface area contributed by atoms with Crippen LogP contribution in [0.4, 0.5) is 0 Å². The minimum atomic E-state index is 0.421. The highest BCUT2D eigenvalue weighted by Crippen LogP contribution is 2.14. The maximum atomic E-state index is 6.00. The first kappa shape index (κ1) is 11.4. The van der Waals surface area contributed by atoms with Gasteiger partial charge in [0.25, 0.3) is 0 Å². The van der Waals surface area contributed by atoms with E-state index in [1.165, 1.54) is 51.9 Å². The topological polar surface area (TPSA) is 32.5 Å². The van der Waals surface area contributed by atoms with Gasteiger partial charge in [0.15, 0.2) is 0 Å². The monoisotopic (exact) mass is 211 g/mol. The van der Waals surface area contributed by atoms with Gasteiger partial charge in [0.05, 0.1) is 0 Å². The minimum absolute atomic E-state index is 0.421. The van der Waals surface area contributed by atoms with Gasteiger partial charge in [-0.2, -0.15) is 0 Å². The molecule has 0 radical (unpaired) electrons. The van der Waals surface area contributed by atoms with Crippen molar-refractivity contribution in [1.29, 1.82) is 0 Å². The SMILES string of the molecule is CC(CN1CCCC(N)C1)N1CCCC1. The number of piperidine rings is 1. The quantitative estimate of drug-likeness (QED) is 0.752. The third kappa shape index (κ3) is 3.16. The first-order valence-electron chi connectivity index (χ1n) is 6.47. The van der Waals surface area contributed by atoms with Crippen molar-refractivity contribution in [3.8, 4) is 0 Å². The van der Waals surface area contributed by atoms with Crippen molar-refractivity contribution in [3.05, 3.63) is 0 Å². The zero-order chi connectivity index (χ0) is 10.7. The van der Waals surface area contributed by atoms with Gasteiger partial charge >= 0.3 is 0 Å². The summed E-state index contributed by atoms with van der Waals surface area (Å²) >= 11 is 0. The summed E-state index contributed by atoms with van der Waals surface area (Å²) in [6.07, 6.45) is 5.29. The van der Waals surface area contributed by atoms with Crippen molar-refractivity contribution in [1.82, 2.24) is 9.80 Å². The van der Waals surface area contributed by atoms with Crippen LogP contribution >= 0.6 is 0 Å². The Bertz CT molecular complexity index is 189. The first-order valence-corrected chi connectivity index (χ1v) is 6.47. The lowest BCUT2D eigenvalue weighted by molar-refractivity contribution is 0.144. The zero-order valence-electron chi connectivity index (χ0n) is 9.99. The fourth-order valence-corrected chi connectivity index (χ4v) is 2.93. The summed E-state index contributed by atoms with van der Waals surface area (Å²) in [5.41, 5.74) is 6.00. The fourth-order valence-electron chi connectivity index (χ4n) is 2.93. The lowest BCUT2D eigenvalue weighted by Crippen LogP contribution is -2.48. The van der Waals surface area contributed by atoms with Crippen LogP contribution in [0.5, 0.6) is 0 Å². The summed E-state index contributed by atoms with van der Waals surface area (Å²) in [7, 11) is 0. The summed E-state index contributed by atoms with van der Waals surface area (Å²) in [5.74, 6) is 0. The van der Waals surface area contributed by atoms with E-state index in [1.807, 2.05) is 0 Å². The maximum absolute atomic E-state index is 6.00. The molecule has 0 aromatic rings. The molecule has 2 heterocycles. The Kier molecular flexibility index (Phi) is 4.00.